The van der Waals surface area contributed by atoms with Gasteiger partial charge >= 0.3 is 0 Å². The van der Waals surface area contributed by atoms with Crippen molar-refractivity contribution in [3.8, 4) is 0 Å². The van der Waals surface area contributed by atoms with E-state index in [1.54, 1.807) is 0 Å². The van der Waals surface area contributed by atoms with Gasteiger partial charge in [0.2, 0.25) is 16.9 Å². The van der Waals surface area contributed by atoms with Crippen molar-refractivity contribution < 1.29 is 9.59 Å². The van der Waals surface area contributed by atoms with Gasteiger partial charge in [-0.25, -0.2) is 0 Å². The fraction of sp³-hybridized carbons (Fsp3) is 0.667. The van der Waals surface area contributed by atoms with Crippen LogP contribution < -0.4 is 10.6 Å². The molecule has 0 radical (unpaired) electrons. The average Bonchev–Trinajstić information content (AvgIpc) is 2.72. The molecule has 6 nitrogen and oxygen atoms in total. The second-order valence-corrected chi connectivity index (χ2v) is 7.46. The zero-order valence-electron chi connectivity index (χ0n) is 12.1. The van der Waals surface area contributed by atoms with Crippen LogP contribution >= 0.6 is 23.1 Å². The number of carbonyl (C=O) groups is 2. The van der Waals surface area contributed by atoms with Crippen LogP contribution in [0, 0.1) is 0 Å². The first-order valence-electron chi connectivity index (χ1n) is 6.37. The second-order valence-electron chi connectivity index (χ2n) is 5.26. The maximum Gasteiger partial charge on any atom is 0.230 e. The first-order valence-corrected chi connectivity index (χ1v) is 8.17. The SMILES string of the molecule is CCCC(=O)Nc1nnc(SCC(=O)NC(C)(C)C)s1. The lowest BCUT2D eigenvalue weighted by molar-refractivity contribution is -0.120. The molecule has 0 fully saturated rings. The summed E-state index contributed by atoms with van der Waals surface area (Å²) in [6.45, 7) is 7.74. The summed E-state index contributed by atoms with van der Waals surface area (Å²) in [6.07, 6.45) is 1.26. The van der Waals surface area contributed by atoms with Gasteiger partial charge in [-0.1, -0.05) is 30.0 Å². The minimum atomic E-state index is -0.238. The molecule has 20 heavy (non-hydrogen) atoms. The van der Waals surface area contributed by atoms with Crippen molar-refractivity contribution in [1.29, 1.82) is 0 Å². The van der Waals surface area contributed by atoms with E-state index in [4.69, 9.17) is 0 Å². The highest BCUT2D eigenvalue weighted by Gasteiger charge is 2.15. The van der Waals surface area contributed by atoms with Crippen LogP contribution in [0.4, 0.5) is 5.13 Å². The largest absolute Gasteiger partial charge is 0.351 e. The molecule has 2 N–H and O–H groups in total. The van der Waals surface area contributed by atoms with Gasteiger partial charge in [0, 0.05) is 12.0 Å². The molecule has 0 aliphatic rings. The molecule has 2 amide bonds. The van der Waals surface area contributed by atoms with Crippen LogP contribution in [0.2, 0.25) is 0 Å². The predicted molar refractivity (Wildman–Crippen MR) is 82.1 cm³/mol. The molecule has 0 atom stereocenters. The second kappa shape index (κ2) is 7.58. The van der Waals surface area contributed by atoms with E-state index in [2.05, 4.69) is 20.8 Å². The van der Waals surface area contributed by atoms with Gasteiger partial charge in [0.05, 0.1) is 5.75 Å². The van der Waals surface area contributed by atoms with Crippen LogP contribution in [0.25, 0.3) is 0 Å². The van der Waals surface area contributed by atoms with Crippen LogP contribution in [0.1, 0.15) is 40.5 Å². The van der Waals surface area contributed by atoms with E-state index in [1.807, 2.05) is 27.7 Å². The number of anilines is 1. The molecule has 0 bridgehead atoms. The van der Waals surface area contributed by atoms with Crippen LogP contribution in [0.5, 0.6) is 0 Å². The van der Waals surface area contributed by atoms with Crippen molar-refractivity contribution in [2.24, 2.45) is 0 Å². The lowest BCUT2D eigenvalue weighted by atomic mass is 10.1. The fourth-order valence-electron chi connectivity index (χ4n) is 1.31. The first-order chi connectivity index (χ1) is 9.30. The van der Waals surface area contributed by atoms with Crippen molar-refractivity contribution in [1.82, 2.24) is 15.5 Å². The molecule has 0 aliphatic carbocycles. The van der Waals surface area contributed by atoms with Crippen molar-refractivity contribution >= 4 is 40.0 Å². The minimum absolute atomic E-state index is 0.0470. The highest BCUT2D eigenvalue weighted by atomic mass is 32.2. The molecule has 1 aromatic heterocycles. The van der Waals surface area contributed by atoms with E-state index in [9.17, 15) is 9.59 Å². The monoisotopic (exact) mass is 316 g/mol. The Kier molecular flexibility index (Phi) is 6.41. The zero-order chi connectivity index (χ0) is 15.2. The van der Waals surface area contributed by atoms with Crippen molar-refractivity contribution in [3.05, 3.63) is 0 Å². The third kappa shape index (κ3) is 6.85. The van der Waals surface area contributed by atoms with Gasteiger partial charge in [-0.15, -0.1) is 10.2 Å². The Bertz CT molecular complexity index is 468. The number of nitrogens with one attached hydrogen (secondary N) is 2. The van der Waals surface area contributed by atoms with Gasteiger partial charge in [-0.05, 0) is 27.2 Å². The van der Waals surface area contributed by atoms with Crippen molar-refractivity contribution in [2.45, 2.75) is 50.4 Å². The highest BCUT2D eigenvalue weighted by Crippen LogP contribution is 2.25. The summed E-state index contributed by atoms with van der Waals surface area (Å²) in [5.41, 5.74) is -0.238. The van der Waals surface area contributed by atoms with Gasteiger partial charge in [-0.3, -0.25) is 9.59 Å². The average molecular weight is 316 g/mol. The number of carbonyl (C=O) groups excluding carboxylic acids is 2. The summed E-state index contributed by atoms with van der Waals surface area (Å²) in [4.78, 5) is 23.1. The van der Waals surface area contributed by atoms with Gasteiger partial charge in [0.15, 0.2) is 4.34 Å². The van der Waals surface area contributed by atoms with Gasteiger partial charge in [0.1, 0.15) is 0 Å². The molecule has 0 aliphatic heterocycles. The van der Waals surface area contributed by atoms with E-state index in [0.717, 1.165) is 6.42 Å². The molecule has 0 saturated carbocycles. The number of hydrogen-bond acceptors (Lipinski definition) is 6. The lowest BCUT2D eigenvalue weighted by Gasteiger charge is -2.19. The number of rotatable bonds is 6. The molecule has 1 aromatic rings. The molecule has 0 saturated heterocycles. The summed E-state index contributed by atoms with van der Waals surface area (Å²) in [5, 5.41) is 13.8. The summed E-state index contributed by atoms with van der Waals surface area (Å²) in [7, 11) is 0. The molecule has 1 heterocycles. The topological polar surface area (TPSA) is 84.0 Å². The standard InChI is InChI=1S/C12H20N4O2S2/c1-5-6-8(17)13-10-15-16-11(20-10)19-7-9(18)14-12(2,3)4/h5-7H2,1-4H3,(H,14,18)(H,13,15,17). The number of thioether (sulfide) groups is 1. The van der Waals surface area contributed by atoms with Crippen LogP contribution in [-0.2, 0) is 9.59 Å². The van der Waals surface area contributed by atoms with E-state index in [1.165, 1.54) is 23.1 Å². The fourth-order valence-corrected chi connectivity index (χ4v) is 2.88. The maximum atomic E-state index is 11.7. The number of nitrogens with zero attached hydrogens (tertiary/aromatic N) is 2. The third-order valence-electron chi connectivity index (χ3n) is 1.97. The molecule has 0 unspecified atom stereocenters. The molecular weight excluding hydrogens is 296 g/mol. The lowest BCUT2D eigenvalue weighted by Crippen LogP contribution is -2.41. The van der Waals surface area contributed by atoms with Crippen molar-refractivity contribution in [3.63, 3.8) is 0 Å². The van der Waals surface area contributed by atoms with Crippen LogP contribution in [0.3, 0.4) is 0 Å². The van der Waals surface area contributed by atoms with E-state index in [-0.39, 0.29) is 23.1 Å². The van der Waals surface area contributed by atoms with E-state index < -0.39 is 0 Å². The smallest absolute Gasteiger partial charge is 0.230 e. The Balaban J connectivity index is 2.41. The van der Waals surface area contributed by atoms with Crippen molar-refractivity contribution in [2.75, 3.05) is 11.1 Å². The van der Waals surface area contributed by atoms with E-state index in [0.29, 0.717) is 15.9 Å². The Morgan fingerprint density at radius 2 is 1.95 bits per heavy atom. The molecule has 0 aromatic carbocycles. The number of amides is 2. The van der Waals surface area contributed by atoms with Gasteiger partial charge < -0.3 is 10.6 Å². The molecule has 8 heteroatoms. The summed E-state index contributed by atoms with van der Waals surface area (Å²) >= 11 is 2.59. The molecule has 112 valence electrons. The Morgan fingerprint density at radius 1 is 1.25 bits per heavy atom. The summed E-state index contributed by atoms with van der Waals surface area (Å²) in [6, 6.07) is 0. The predicted octanol–water partition coefficient (Wildman–Crippen LogP) is 2.28. The quantitative estimate of drug-likeness (QED) is 0.621. The summed E-state index contributed by atoms with van der Waals surface area (Å²) in [5.74, 6) is 0.175. The normalized spacial score (nSPS) is 11.2. The van der Waals surface area contributed by atoms with Gasteiger partial charge in [0.25, 0.3) is 0 Å². The minimum Gasteiger partial charge on any atom is -0.351 e. The van der Waals surface area contributed by atoms with Crippen LogP contribution in [-0.4, -0.2) is 33.3 Å². The highest BCUT2D eigenvalue weighted by molar-refractivity contribution is 8.01. The molecule has 0 spiro atoms. The zero-order valence-corrected chi connectivity index (χ0v) is 13.8. The Morgan fingerprint density at radius 3 is 2.55 bits per heavy atom. The summed E-state index contributed by atoms with van der Waals surface area (Å²) < 4.78 is 0.667. The third-order valence-corrected chi connectivity index (χ3v) is 3.94. The number of hydrogen-bond donors (Lipinski definition) is 2. The first kappa shape index (κ1) is 16.9. The van der Waals surface area contributed by atoms with Gasteiger partial charge in [-0.2, -0.15) is 0 Å². The molecule has 1 rings (SSSR count). The number of aromatic nitrogens is 2. The Labute approximate surface area is 127 Å². The Hall–Kier alpha value is -1.15. The van der Waals surface area contributed by atoms with E-state index >= 15 is 0 Å². The van der Waals surface area contributed by atoms with Crippen LogP contribution in [0.15, 0.2) is 4.34 Å². The molecular formula is C12H20N4O2S2. The maximum absolute atomic E-state index is 11.7.